The van der Waals surface area contributed by atoms with E-state index in [1.807, 2.05) is 24.3 Å². The molecule has 1 aliphatic heterocycles. The molecule has 1 aliphatic rings. The number of ether oxygens (including phenoxy) is 1. The summed E-state index contributed by atoms with van der Waals surface area (Å²) in [4.78, 5) is 36.4. The Morgan fingerprint density at radius 2 is 1.80 bits per heavy atom. The molecule has 1 amide bonds. The number of pyridine rings is 1. The number of benzene rings is 1. The smallest absolute Gasteiger partial charge is 0.252 e. The normalized spacial score (nSPS) is 14.6. The number of rotatable bonds is 5. The summed E-state index contributed by atoms with van der Waals surface area (Å²) in [6.07, 6.45) is 3.85. The van der Waals surface area contributed by atoms with E-state index < -0.39 is 12.0 Å². The van der Waals surface area contributed by atoms with Crippen molar-refractivity contribution in [3.63, 3.8) is 0 Å². The van der Waals surface area contributed by atoms with Gasteiger partial charge in [-0.05, 0) is 30.7 Å². The van der Waals surface area contributed by atoms with E-state index in [0.29, 0.717) is 54.4 Å². The number of amides is 1. The fourth-order valence-corrected chi connectivity index (χ4v) is 3.76. The molecule has 35 heavy (non-hydrogen) atoms. The molecule has 178 valence electrons. The highest BCUT2D eigenvalue weighted by atomic mass is 16.5. The zero-order valence-corrected chi connectivity index (χ0v) is 19.0. The van der Waals surface area contributed by atoms with Crippen molar-refractivity contribution >= 4 is 34.4 Å². The van der Waals surface area contributed by atoms with E-state index in [1.54, 1.807) is 24.7 Å². The summed E-state index contributed by atoms with van der Waals surface area (Å²) in [5, 5.41) is 12.2. The van der Waals surface area contributed by atoms with E-state index in [2.05, 4.69) is 20.2 Å². The number of carbonyl (C=O) groups excluding carboxylic acids is 1. The first-order chi connectivity index (χ1) is 17.0. The quantitative estimate of drug-likeness (QED) is 0.392. The monoisotopic (exact) mass is 472 g/mol. The highest BCUT2D eigenvalue weighted by Gasteiger charge is 2.20. The Kier molecular flexibility index (Phi) is 6.17. The number of aromatic nitrogens is 5. The molecule has 0 radical (unpaired) electrons. The standard InChI is InChI=1S/C24H24N8O3/c1-14(33)23(34)29-18-4-2-3-15(9-18)16-10-19-20(26-11-16)22(32-5-7-35-8-6-32)31-21(30-19)17-12-27-24(25)28-13-17/h2-4,9-14,33H,5-8H2,1H3,(H,29,34)(H2,25,27,28). The van der Waals surface area contributed by atoms with Gasteiger partial charge >= 0.3 is 0 Å². The second kappa shape index (κ2) is 9.57. The number of anilines is 3. The first-order valence-corrected chi connectivity index (χ1v) is 11.2. The third-order valence-electron chi connectivity index (χ3n) is 5.60. The van der Waals surface area contributed by atoms with Crippen LogP contribution in [0, 0.1) is 0 Å². The minimum atomic E-state index is -1.10. The predicted molar refractivity (Wildman–Crippen MR) is 132 cm³/mol. The molecule has 4 heterocycles. The number of hydrogen-bond acceptors (Lipinski definition) is 10. The predicted octanol–water partition coefficient (Wildman–Crippen LogP) is 1.89. The van der Waals surface area contributed by atoms with Gasteiger partial charge < -0.3 is 25.8 Å². The molecule has 11 nitrogen and oxygen atoms in total. The molecule has 0 bridgehead atoms. The van der Waals surface area contributed by atoms with Gasteiger partial charge in [-0.15, -0.1) is 0 Å². The van der Waals surface area contributed by atoms with Crippen LogP contribution in [0.15, 0.2) is 48.9 Å². The van der Waals surface area contributed by atoms with Crippen molar-refractivity contribution in [1.29, 1.82) is 0 Å². The van der Waals surface area contributed by atoms with Crippen LogP contribution in [-0.4, -0.2) is 68.3 Å². The summed E-state index contributed by atoms with van der Waals surface area (Å²) in [7, 11) is 0. The fourth-order valence-electron chi connectivity index (χ4n) is 3.76. The number of nitrogens with two attached hydrogens (primary N) is 1. The zero-order chi connectivity index (χ0) is 24.4. The van der Waals surface area contributed by atoms with E-state index in [0.717, 1.165) is 16.9 Å². The summed E-state index contributed by atoms with van der Waals surface area (Å²) in [6.45, 7) is 4.02. The number of fused-ring (bicyclic) bond motifs is 1. The highest BCUT2D eigenvalue weighted by Crippen LogP contribution is 2.30. The molecule has 4 N–H and O–H groups in total. The summed E-state index contributed by atoms with van der Waals surface area (Å²) in [5.74, 6) is 0.886. The van der Waals surface area contributed by atoms with Crippen LogP contribution in [0.3, 0.4) is 0 Å². The number of morpholine rings is 1. The van der Waals surface area contributed by atoms with Gasteiger partial charge in [0.05, 0.1) is 24.3 Å². The third-order valence-corrected chi connectivity index (χ3v) is 5.60. The van der Waals surface area contributed by atoms with E-state index in [1.165, 1.54) is 6.92 Å². The van der Waals surface area contributed by atoms with E-state index >= 15 is 0 Å². The van der Waals surface area contributed by atoms with Gasteiger partial charge in [-0.25, -0.2) is 19.9 Å². The first kappa shape index (κ1) is 22.6. The van der Waals surface area contributed by atoms with Crippen LogP contribution in [0.2, 0.25) is 0 Å². The van der Waals surface area contributed by atoms with Gasteiger partial charge in [-0.2, -0.15) is 0 Å². The molecular formula is C24H24N8O3. The summed E-state index contributed by atoms with van der Waals surface area (Å²) in [6, 6.07) is 9.26. The van der Waals surface area contributed by atoms with Crippen LogP contribution in [0.25, 0.3) is 33.5 Å². The van der Waals surface area contributed by atoms with Gasteiger partial charge in [-0.1, -0.05) is 12.1 Å². The fraction of sp³-hybridized carbons (Fsp3) is 0.250. The number of nitrogens with zero attached hydrogens (tertiary/aromatic N) is 6. The molecule has 11 heteroatoms. The van der Waals surface area contributed by atoms with Gasteiger partial charge in [0.2, 0.25) is 5.95 Å². The van der Waals surface area contributed by atoms with Crippen molar-refractivity contribution in [2.45, 2.75) is 13.0 Å². The lowest BCUT2D eigenvalue weighted by Crippen LogP contribution is -2.37. The molecule has 1 fully saturated rings. The highest BCUT2D eigenvalue weighted by molar-refractivity contribution is 5.95. The number of nitrogen functional groups attached to an aromatic ring is 1. The second-order valence-corrected chi connectivity index (χ2v) is 8.14. The van der Waals surface area contributed by atoms with E-state index in [9.17, 15) is 9.90 Å². The van der Waals surface area contributed by atoms with Gasteiger partial charge in [0.25, 0.3) is 5.91 Å². The van der Waals surface area contributed by atoms with Crippen LogP contribution in [-0.2, 0) is 9.53 Å². The van der Waals surface area contributed by atoms with Crippen molar-refractivity contribution in [2.75, 3.05) is 42.3 Å². The van der Waals surface area contributed by atoms with Crippen molar-refractivity contribution in [2.24, 2.45) is 0 Å². The number of carbonyl (C=O) groups is 1. The Hall–Kier alpha value is -4.22. The minimum Gasteiger partial charge on any atom is -0.384 e. The average molecular weight is 473 g/mol. The number of aliphatic hydroxyl groups excluding tert-OH is 1. The first-order valence-electron chi connectivity index (χ1n) is 11.2. The van der Waals surface area contributed by atoms with Crippen molar-refractivity contribution in [3.05, 3.63) is 48.9 Å². The number of hydrogen-bond donors (Lipinski definition) is 3. The lowest BCUT2D eigenvalue weighted by atomic mass is 10.1. The minimum absolute atomic E-state index is 0.175. The van der Waals surface area contributed by atoms with E-state index in [4.69, 9.17) is 25.4 Å². The van der Waals surface area contributed by atoms with Crippen molar-refractivity contribution in [3.8, 4) is 22.5 Å². The topological polar surface area (TPSA) is 152 Å². The maximum atomic E-state index is 11.9. The summed E-state index contributed by atoms with van der Waals surface area (Å²) in [5.41, 5.74) is 9.85. The van der Waals surface area contributed by atoms with Gasteiger partial charge in [0.15, 0.2) is 11.6 Å². The molecule has 0 aliphatic carbocycles. The van der Waals surface area contributed by atoms with Crippen LogP contribution in [0.4, 0.5) is 17.5 Å². The zero-order valence-electron chi connectivity index (χ0n) is 19.0. The van der Waals surface area contributed by atoms with Crippen LogP contribution in [0.5, 0.6) is 0 Å². The van der Waals surface area contributed by atoms with Crippen LogP contribution < -0.4 is 16.0 Å². The molecule has 0 spiro atoms. The molecule has 0 saturated carbocycles. The Morgan fingerprint density at radius 3 is 2.54 bits per heavy atom. The lowest BCUT2D eigenvalue weighted by molar-refractivity contribution is -0.123. The number of aliphatic hydroxyl groups is 1. The molecule has 4 aromatic rings. The average Bonchev–Trinajstić information content (AvgIpc) is 2.88. The molecule has 1 atom stereocenters. The van der Waals surface area contributed by atoms with Gasteiger partial charge in [-0.3, -0.25) is 9.78 Å². The Morgan fingerprint density at radius 1 is 1.06 bits per heavy atom. The third kappa shape index (κ3) is 4.86. The summed E-state index contributed by atoms with van der Waals surface area (Å²) >= 11 is 0. The SMILES string of the molecule is CC(O)C(=O)Nc1cccc(-c2cnc3c(N4CCOCC4)nc(-c4cnc(N)nc4)nc3c2)c1. The van der Waals surface area contributed by atoms with Crippen LogP contribution >= 0.6 is 0 Å². The summed E-state index contributed by atoms with van der Waals surface area (Å²) < 4.78 is 5.51. The van der Waals surface area contributed by atoms with Crippen molar-refractivity contribution < 1.29 is 14.6 Å². The molecule has 3 aromatic heterocycles. The largest absolute Gasteiger partial charge is 0.384 e. The lowest BCUT2D eigenvalue weighted by Gasteiger charge is -2.28. The molecule has 5 rings (SSSR count). The van der Waals surface area contributed by atoms with Gasteiger partial charge in [0, 0.05) is 42.9 Å². The van der Waals surface area contributed by atoms with E-state index in [-0.39, 0.29) is 5.95 Å². The van der Waals surface area contributed by atoms with Crippen molar-refractivity contribution in [1.82, 2.24) is 24.9 Å². The maximum Gasteiger partial charge on any atom is 0.252 e. The Balaban J connectivity index is 1.59. The van der Waals surface area contributed by atoms with Gasteiger partial charge in [0.1, 0.15) is 11.6 Å². The second-order valence-electron chi connectivity index (χ2n) is 8.14. The number of nitrogens with one attached hydrogen (secondary N) is 1. The maximum absolute atomic E-state index is 11.9. The Labute approximate surface area is 201 Å². The molecular weight excluding hydrogens is 448 g/mol. The molecule has 1 unspecified atom stereocenters. The Bertz CT molecular complexity index is 1370. The van der Waals surface area contributed by atoms with Crippen LogP contribution in [0.1, 0.15) is 6.92 Å². The molecule has 1 aromatic carbocycles. The molecule has 1 saturated heterocycles.